The molecule has 0 spiro atoms. The van der Waals surface area contributed by atoms with Crippen LogP contribution in [0.25, 0.3) is 0 Å². The summed E-state index contributed by atoms with van der Waals surface area (Å²) >= 11 is 0. The molecule has 0 aromatic carbocycles. The molecular weight excluding hydrogens is 939 g/mol. The first-order valence-corrected chi connectivity index (χ1v) is 22.5. The Bertz CT molecular complexity index is 1320. The van der Waals surface area contributed by atoms with Gasteiger partial charge in [-0.1, -0.05) is 89.9 Å². The van der Waals surface area contributed by atoms with E-state index >= 15 is 0 Å². The van der Waals surface area contributed by atoms with Crippen molar-refractivity contribution in [1.82, 2.24) is 0 Å². The third-order valence-electron chi connectivity index (χ3n) is 9.92. The number of rotatable bonds is 38. The lowest BCUT2D eigenvalue weighted by Gasteiger charge is -2.33. The fourth-order valence-electron chi connectivity index (χ4n) is 5.85. The molecule has 1 unspecified atom stereocenters. The molecule has 0 aliphatic rings. The molecule has 0 aromatic rings. The van der Waals surface area contributed by atoms with Gasteiger partial charge >= 0.3 is 47.9 Å². The molecule has 0 radical (unpaired) electrons. The fourth-order valence-corrected chi connectivity index (χ4v) is 6.58. The molecule has 0 amide bonds. The summed E-state index contributed by atoms with van der Waals surface area (Å²) < 4.78 is 267. The maximum Gasteiger partial charge on any atom is 0.460 e. The van der Waals surface area contributed by atoms with Crippen molar-refractivity contribution in [3.8, 4) is 0 Å². The van der Waals surface area contributed by atoms with Crippen molar-refractivity contribution in [3.63, 3.8) is 0 Å². The zero-order chi connectivity index (χ0) is 49.8. The second kappa shape index (κ2) is 27.1. The average molecular weight is 1000 g/mol. The number of alkyl halides is 18. The van der Waals surface area contributed by atoms with E-state index in [1.807, 2.05) is 21.1 Å². The highest BCUT2D eigenvalue weighted by Crippen LogP contribution is 2.55. The van der Waals surface area contributed by atoms with Crippen LogP contribution in [0.15, 0.2) is 0 Å². The van der Waals surface area contributed by atoms with Crippen molar-refractivity contribution in [2.75, 3.05) is 60.7 Å². The third kappa shape index (κ3) is 21.8. The summed E-state index contributed by atoms with van der Waals surface area (Å²) in [5, 5.41) is 0. The highest BCUT2D eigenvalue weighted by atomic mass is 31.2. The molecule has 7 nitrogen and oxygen atoms in total. The predicted molar refractivity (Wildman–Crippen MR) is 197 cm³/mol. The second-order valence-corrected chi connectivity index (χ2v) is 18.1. The summed E-state index contributed by atoms with van der Waals surface area (Å²) in [5.41, 5.74) is 0. The maximum absolute atomic E-state index is 13.6. The van der Waals surface area contributed by atoms with Gasteiger partial charge in [-0.3, -0.25) is 4.57 Å². The van der Waals surface area contributed by atoms with Gasteiger partial charge in [-0.05, 0) is 25.7 Å². The lowest BCUT2D eigenvalue weighted by atomic mass is 9.97. The second-order valence-electron chi connectivity index (χ2n) is 16.7. The Kier molecular flexibility index (Phi) is 26.5. The summed E-state index contributed by atoms with van der Waals surface area (Å²) in [7, 11) is 0.794. The minimum atomic E-state index is -6.90. The van der Waals surface area contributed by atoms with Crippen molar-refractivity contribution < 1.29 is 111 Å². The molecule has 0 aliphatic carbocycles. The van der Waals surface area contributed by atoms with Gasteiger partial charge in [-0.15, -0.1) is 0 Å². The normalized spacial score (nSPS) is 15.8. The van der Waals surface area contributed by atoms with Gasteiger partial charge < -0.3 is 27.9 Å². The first-order chi connectivity index (χ1) is 29.0. The molecule has 386 valence electrons. The zero-order valence-corrected chi connectivity index (χ0v) is 37.0. The first-order valence-electron chi connectivity index (χ1n) is 21.0. The van der Waals surface area contributed by atoms with Crippen molar-refractivity contribution in [3.05, 3.63) is 0 Å². The van der Waals surface area contributed by atoms with Crippen LogP contribution in [0, 0.1) is 0 Å². The minimum absolute atomic E-state index is 0.0496. The number of unbranched alkanes of at least 4 members (excludes halogenated alkanes) is 16. The monoisotopic (exact) mass is 1000 g/mol. The number of hydrogen-bond donors (Lipinski definition) is 0. The molecule has 26 heteroatoms. The molecule has 0 aliphatic heterocycles. The van der Waals surface area contributed by atoms with E-state index in [4.69, 9.17) is 18.5 Å². The van der Waals surface area contributed by atoms with Crippen LogP contribution in [-0.2, 0) is 23.1 Å². The number of likely N-dealkylation sites (N-methyl/N-ethyl adjacent to an activating group) is 1. The lowest BCUT2D eigenvalue weighted by Crippen LogP contribution is -2.60. The molecule has 2 atom stereocenters. The molecule has 0 bridgehead atoms. The van der Waals surface area contributed by atoms with Crippen LogP contribution in [0.4, 0.5) is 79.0 Å². The molecule has 64 heavy (non-hydrogen) atoms. The molecule has 0 fully saturated rings. The number of quaternary nitrogens is 1. The number of phosphoric acid groups is 1. The van der Waals surface area contributed by atoms with E-state index in [1.54, 1.807) is 0 Å². The number of hydrogen-bond acceptors (Lipinski definition) is 6. The minimum Gasteiger partial charge on any atom is -0.756 e. The average Bonchev–Trinajstić information content (AvgIpc) is 3.13. The predicted octanol–water partition coefficient (Wildman–Crippen LogP) is 13.3. The van der Waals surface area contributed by atoms with Gasteiger partial charge in [0.15, 0.2) is 0 Å². The molecule has 0 aromatic heterocycles. The summed E-state index contributed by atoms with van der Waals surface area (Å²) in [6, 6.07) is 0. The summed E-state index contributed by atoms with van der Waals surface area (Å²) in [6.45, 7) is 0.200. The van der Waals surface area contributed by atoms with E-state index in [1.165, 1.54) is 0 Å². The van der Waals surface area contributed by atoms with E-state index in [-0.39, 0.29) is 52.1 Å². The van der Waals surface area contributed by atoms with Gasteiger partial charge in [0.2, 0.25) is 0 Å². The number of ether oxygens (including phenoxy) is 2. The van der Waals surface area contributed by atoms with Crippen LogP contribution in [0.2, 0.25) is 0 Å². The molecule has 0 saturated heterocycles. The largest absolute Gasteiger partial charge is 0.756 e. The Morgan fingerprint density at radius 2 is 0.766 bits per heavy atom. The van der Waals surface area contributed by atoms with Crippen LogP contribution in [0.5, 0.6) is 0 Å². The fraction of sp³-hybridized carbons (Fsp3) is 1.00. The van der Waals surface area contributed by atoms with Gasteiger partial charge in [-0.25, -0.2) is 0 Å². The van der Waals surface area contributed by atoms with Crippen LogP contribution in [0.3, 0.4) is 0 Å². The molecule has 0 saturated carbocycles. The Morgan fingerprint density at radius 3 is 1.11 bits per heavy atom. The van der Waals surface area contributed by atoms with Crippen molar-refractivity contribution in [2.45, 2.75) is 182 Å². The topological polar surface area (TPSA) is 77.1 Å². The maximum atomic E-state index is 13.6. The number of nitrogens with zero attached hydrogens (tertiary/aromatic N) is 1. The van der Waals surface area contributed by atoms with Crippen LogP contribution in [-0.4, -0.2) is 119 Å². The van der Waals surface area contributed by atoms with Gasteiger partial charge in [0.1, 0.15) is 19.3 Å². The highest BCUT2D eigenvalue weighted by molar-refractivity contribution is 7.45. The van der Waals surface area contributed by atoms with Gasteiger partial charge in [0.05, 0.1) is 34.4 Å². The van der Waals surface area contributed by atoms with Crippen molar-refractivity contribution in [1.29, 1.82) is 0 Å². The summed E-state index contributed by atoms with van der Waals surface area (Å²) in [4.78, 5) is 12.3. The van der Waals surface area contributed by atoms with Crippen molar-refractivity contribution in [2.24, 2.45) is 0 Å². The van der Waals surface area contributed by atoms with Crippen LogP contribution >= 0.6 is 7.82 Å². The Morgan fingerprint density at radius 1 is 0.438 bits per heavy atom. The first kappa shape index (κ1) is 62.7. The highest BCUT2D eigenvalue weighted by Gasteiger charge is 2.82. The van der Waals surface area contributed by atoms with E-state index < -0.39 is 94.1 Å². The smallest absolute Gasteiger partial charge is 0.460 e. The van der Waals surface area contributed by atoms with Crippen LogP contribution < -0.4 is 4.89 Å². The van der Waals surface area contributed by atoms with Crippen LogP contribution in [0.1, 0.15) is 128 Å². The Hall–Kier alpha value is -1.27. The molecule has 0 rings (SSSR count). The van der Waals surface area contributed by atoms with Gasteiger partial charge in [0, 0.05) is 26.1 Å². The molecule has 0 heterocycles. The Labute approximate surface area is 362 Å². The Balaban J connectivity index is 4.52. The number of phosphoric ester groups is 1. The van der Waals surface area contributed by atoms with E-state index in [2.05, 4.69) is 0 Å². The summed E-state index contributed by atoms with van der Waals surface area (Å²) in [6.07, 6.45) is -11.9. The van der Waals surface area contributed by atoms with E-state index in [0.717, 1.165) is 0 Å². The zero-order valence-electron chi connectivity index (χ0n) is 36.1. The van der Waals surface area contributed by atoms with Gasteiger partial charge in [-0.2, -0.15) is 79.0 Å². The molecule has 0 N–H and O–H groups in total. The standard InChI is InChI=1S/C38H62F18NO6P/c1-57(2,3)24-27-62-64(58,59)63-29-30(61-26-21-17-13-9-5-7-11-15-19-23-32(41,42)34(45,46)36(49,50)38(54,55)56)28-60-25-20-16-12-8-4-6-10-14-18-22-31(39,40)33(43,44)35(47,48)37(51,52)53/h30H,4-29H2,1-3H3/t30-/m0/s1. The van der Waals surface area contributed by atoms with Crippen molar-refractivity contribution >= 4 is 7.82 Å². The quantitative estimate of drug-likeness (QED) is 0.0265. The molecular formula is C38H62F18NO6P. The van der Waals surface area contributed by atoms with Gasteiger partial charge in [0.25, 0.3) is 7.82 Å². The van der Waals surface area contributed by atoms with E-state index in [0.29, 0.717) is 88.1 Å². The number of halogens is 18. The third-order valence-corrected chi connectivity index (χ3v) is 10.9. The SMILES string of the molecule is C[N+](C)(C)CCOP(=O)([O-])OC[C@H](COCCCCCCCCCCCC(F)(F)C(F)(F)C(F)(F)C(F)(F)F)OCCCCCCCCCCCC(F)(F)C(F)(F)C(F)(F)C(F)(F)F. The van der Waals surface area contributed by atoms with E-state index in [9.17, 15) is 88.5 Å². The summed E-state index contributed by atoms with van der Waals surface area (Å²) in [5.74, 6) is -38.1. The lowest BCUT2D eigenvalue weighted by molar-refractivity contribution is -0.870.